The second-order valence-electron chi connectivity index (χ2n) is 7.38. The third-order valence-corrected chi connectivity index (χ3v) is 6.35. The molecule has 3 aromatic carbocycles. The molecular weight excluding hydrogens is 401 g/mol. The lowest BCUT2D eigenvalue weighted by Gasteiger charge is -2.28. The van der Waals surface area contributed by atoms with Gasteiger partial charge in [0.15, 0.2) is 0 Å². The summed E-state index contributed by atoms with van der Waals surface area (Å²) in [6.45, 7) is 2.14. The number of hydrogen-bond acceptors (Lipinski definition) is 2. The van der Waals surface area contributed by atoms with Crippen molar-refractivity contribution in [1.29, 1.82) is 0 Å². The predicted octanol–water partition coefficient (Wildman–Crippen LogP) is 7.48. The average Bonchev–Trinajstić information content (AvgIpc) is 2.76. The fourth-order valence-corrected chi connectivity index (χ4v) is 4.34. The highest BCUT2D eigenvalue weighted by Crippen LogP contribution is 2.39. The molecule has 0 saturated heterocycles. The van der Waals surface area contributed by atoms with Crippen LogP contribution in [0.25, 0.3) is 0 Å². The Morgan fingerprint density at radius 2 is 1.72 bits per heavy atom. The zero-order valence-corrected chi connectivity index (χ0v) is 18.0. The van der Waals surface area contributed by atoms with Gasteiger partial charge in [-0.05, 0) is 66.3 Å². The zero-order chi connectivity index (χ0) is 20.4. The molecule has 4 heteroatoms. The molecule has 0 unspecified atom stereocenters. The van der Waals surface area contributed by atoms with Crippen molar-refractivity contribution in [2.45, 2.75) is 31.7 Å². The molecule has 3 aromatic rings. The van der Waals surface area contributed by atoms with Gasteiger partial charge in [0, 0.05) is 11.6 Å². The van der Waals surface area contributed by atoms with E-state index in [1.807, 2.05) is 24.3 Å². The maximum absolute atomic E-state index is 6.28. The van der Waals surface area contributed by atoms with Gasteiger partial charge >= 0.3 is 0 Å². The molecule has 0 amide bonds. The summed E-state index contributed by atoms with van der Waals surface area (Å²) in [5.41, 5.74) is 6.09. The summed E-state index contributed by atoms with van der Waals surface area (Å²) in [6.07, 6.45) is 1.94. The topological polar surface area (TPSA) is 21.6 Å². The van der Waals surface area contributed by atoms with E-state index in [0.717, 1.165) is 18.6 Å². The van der Waals surface area contributed by atoms with Crippen LogP contribution in [0.5, 0.6) is 5.75 Å². The van der Waals surface area contributed by atoms with Crippen molar-refractivity contribution in [3.63, 3.8) is 0 Å². The maximum atomic E-state index is 6.28. The summed E-state index contributed by atoms with van der Waals surface area (Å²) in [5, 5.41) is 1.20. The van der Waals surface area contributed by atoms with Crippen LogP contribution in [0.1, 0.15) is 54.0 Å². The van der Waals surface area contributed by atoms with Gasteiger partial charge in [-0.25, -0.2) is 0 Å². The first-order valence-electron chi connectivity index (χ1n) is 9.81. The molecule has 1 aliphatic rings. The lowest BCUT2D eigenvalue weighted by molar-refractivity contribution is 0.414. The normalized spacial score (nSPS) is 18.3. The van der Waals surface area contributed by atoms with Crippen molar-refractivity contribution in [3.8, 4) is 5.75 Å². The first-order valence-corrected chi connectivity index (χ1v) is 10.6. The Bertz CT molecular complexity index is 1040. The van der Waals surface area contributed by atoms with Gasteiger partial charge in [0.25, 0.3) is 0 Å². The van der Waals surface area contributed by atoms with E-state index in [-0.39, 0.29) is 6.04 Å². The minimum atomic E-state index is 0.0884. The summed E-state index contributed by atoms with van der Waals surface area (Å²) in [6, 6.07) is 22.8. The third kappa shape index (κ3) is 4.19. The molecule has 0 saturated carbocycles. The highest BCUT2D eigenvalue weighted by atomic mass is 35.5. The zero-order valence-electron chi connectivity index (χ0n) is 16.5. The van der Waals surface area contributed by atoms with Gasteiger partial charge in [0.05, 0.1) is 23.2 Å². The van der Waals surface area contributed by atoms with Crippen molar-refractivity contribution < 1.29 is 4.74 Å². The molecule has 2 nitrogen and oxygen atoms in total. The van der Waals surface area contributed by atoms with E-state index in [2.05, 4.69) is 49.4 Å². The van der Waals surface area contributed by atoms with Crippen LogP contribution < -0.4 is 4.74 Å². The van der Waals surface area contributed by atoms with Gasteiger partial charge in [-0.2, -0.15) is 0 Å². The number of aliphatic imine (C=N–C) groups is 1. The molecule has 0 heterocycles. The van der Waals surface area contributed by atoms with Crippen LogP contribution in [0.4, 0.5) is 0 Å². The fourth-order valence-electron chi connectivity index (χ4n) is 4.04. The number of nitrogens with zero attached hydrogens (tertiary/aromatic N) is 1. The summed E-state index contributed by atoms with van der Waals surface area (Å²) >= 11 is 12.4. The molecule has 29 heavy (non-hydrogen) atoms. The molecule has 0 aliphatic heterocycles. The van der Waals surface area contributed by atoms with E-state index in [9.17, 15) is 0 Å². The predicted molar refractivity (Wildman–Crippen MR) is 122 cm³/mol. The minimum absolute atomic E-state index is 0.0884. The van der Waals surface area contributed by atoms with Crippen LogP contribution in [0.3, 0.4) is 0 Å². The summed E-state index contributed by atoms with van der Waals surface area (Å²) < 4.78 is 5.26. The van der Waals surface area contributed by atoms with Gasteiger partial charge < -0.3 is 4.74 Å². The monoisotopic (exact) mass is 423 g/mol. The van der Waals surface area contributed by atoms with Gasteiger partial charge in [0.2, 0.25) is 0 Å². The smallest absolute Gasteiger partial charge is 0.118 e. The second-order valence-corrected chi connectivity index (χ2v) is 8.19. The third-order valence-electron chi connectivity index (χ3n) is 5.61. The van der Waals surface area contributed by atoms with Gasteiger partial charge in [0.1, 0.15) is 5.75 Å². The minimum Gasteiger partial charge on any atom is -0.497 e. The summed E-state index contributed by atoms with van der Waals surface area (Å²) in [5.74, 6) is 1.16. The SMILES string of the molecule is COc1ccc([C@@H](C)N=C2CC[C@H](c3ccc(Cl)c(Cl)c3)c3ccccc32)cc1. The Morgan fingerprint density at radius 1 is 0.966 bits per heavy atom. The van der Waals surface area contributed by atoms with Crippen LogP contribution in [-0.4, -0.2) is 12.8 Å². The van der Waals surface area contributed by atoms with E-state index in [0.29, 0.717) is 16.0 Å². The van der Waals surface area contributed by atoms with Crippen molar-refractivity contribution >= 4 is 28.9 Å². The largest absolute Gasteiger partial charge is 0.497 e. The fraction of sp³-hybridized carbons (Fsp3) is 0.240. The van der Waals surface area contributed by atoms with Crippen LogP contribution >= 0.6 is 23.2 Å². The molecule has 0 N–H and O–H groups in total. The first kappa shape index (κ1) is 20.0. The molecule has 4 rings (SSSR count). The highest BCUT2D eigenvalue weighted by Gasteiger charge is 2.26. The Labute approximate surface area is 182 Å². The van der Waals surface area contributed by atoms with E-state index in [1.165, 1.54) is 28.0 Å². The molecular formula is C25H23Cl2NO. The van der Waals surface area contributed by atoms with E-state index in [1.54, 1.807) is 7.11 Å². The summed E-state index contributed by atoms with van der Waals surface area (Å²) in [4.78, 5) is 5.09. The number of halogens is 2. The average molecular weight is 424 g/mol. The van der Waals surface area contributed by atoms with Crippen molar-refractivity contribution in [2.75, 3.05) is 7.11 Å². The Hall–Kier alpha value is -2.29. The number of ether oxygens (including phenoxy) is 1. The van der Waals surface area contributed by atoms with Crippen molar-refractivity contribution in [2.24, 2.45) is 4.99 Å². The van der Waals surface area contributed by atoms with E-state index in [4.69, 9.17) is 32.9 Å². The van der Waals surface area contributed by atoms with Gasteiger partial charge in [-0.15, -0.1) is 0 Å². The Kier molecular flexibility index (Phi) is 5.94. The van der Waals surface area contributed by atoms with Crippen LogP contribution in [0.2, 0.25) is 10.0 Å². The first-order chi connectivity index (χ1) is 14.1. The second kappa shape index (κ2) is 8.61. The number of benzene rings is 3. The molecule has 2 atom stereocenters. The van der Waals surface area contributed by atoms with Crippen LogP contribution in [0.15, 0.2) is 71.7 Å². The van der Waals surface area contributed by atoms with E-state index < -0.39 is 0 Å². The molecule has 0 radical (unpaired) electrons. The highest BCUT2D eigenvalue weighted by molar-refractivity contribution is 6.42. The quantitative estimate of drug-likeness (QED) is 0.426. The van der Waals surface area contributed by atoms with Crippen LogP contribution in [0, 0.1) is 0 Å². The molecule has 1 aliphatic carbocycles. The molecule has 0 bridgehead atoms. The number of rotatable bonds is 4. The van der Waals surface area contributed by atoms with Gasteiger partial charge in [-0.1, -0.05) is 65.7 Å². The van der Waals surface area contributed by atoms with E-state index >= 15 is 0 Å². The maximum Gasteiger partial charge on any atom is 0.118 e. The number of methoxy groups -OCH3 is 1. The molecule has 0 aromatic heterocycles. The van der Waals surface area contributed by atoms with Crippen LogP contribution in [-0.2, 0) is 0 Å². The van der Waals surface area contributed by atoms with Crippen molar-refractivity contribution in [3.05, 3.63) is 99.0 Å². The Morgan fingerprint density at radius 3 is 2.45 bits per heavy atom. The standard InChI is InChI=1S/C25H23Cl2NO/c1-16(17-7-10-19(29-2)11-8-17)28-25-14-12-20(21-5-3-4-6-22(21)25)18-9-13-23(26)24(27)15-18/h3-11,13,15-16,20H,12,14H2,1-2H3/t16-,20-/m1/s1. The molecule has 0 spiro atoms. The lowest BCUT2D eigenvalue weighted by atomic mass is 9.78. The lowest BCUT2D eigenvalue weighted by Crippen LogP contribution is -2.18. The summed E-state index contributed by atoms with van der Waals surface area (Å²) in [7, 11) is 1.68. The number of fused-ring (bicyclic) bond motifs is 1. The molecule has 0 fully saturated rings. The van der Waals surface area contributed by atoms with Crippen molar-refractivity contribution in [1.82, 2.24) is 0 Å². The molecule has 148 valence electrons. The Balaban J connectivity index is 1.67. The van der Waals surface area contributed by atoms with Gasteiger partial charge in [-0.3, -0.25) is 4.99 Å². The number of hydrogen-bond donors (Lipinski definition) is 0.